The van der Waals surface area contributed by atoms with Gasteiger partial charge in [-0.3, -0.25) is 19.7 Å². The maximum atomic E-state index is 13.1. The Hall–Kier alpha value is -4.98. The predicted octanol–water partition coefficient (Wildman–Crippen LogP) is 2.29. The first-order valence-corrected chi connectivity index (χ1v) is 12.1. The third-order valence-corrected chi connectivity index (χ3v) is 5.67. The molecular formula is C27H27NO13. The number of hydrogen-bond acceptors (Lipinski definition) is 12. The summed E-state index contributed by atoms with van der Waals surface area (Å²) in [4.78, 5) is 73.0. The summed E-state index contributed by atoms with van der Waals surface area (Å²) >= 11 is 0. The van der Waals surface area contributed by atoms with E-state index in [1.165, 1.54) is 12.1 Å². The number of carboxylic acids is 1. The Balaban J connectivity index is 1.97. The van der Waals surface area contributed by atoms with Crippen molar-refractivity contribution in [2.75, 3.05) is 12.4 Å². The Labute approximate surface area is 233 Å². The Bertz CT molecular complexity index is 1340. The second kappa shape index (κ2) is 13.4. The van der Waals surface area contributed by atoms with Crippen LogP contribution in [0.25, 0.3) is 11.1 Å². The number of methoxy groups -OCH3 is 1. The van der Waals surface area contributed by atoms with Crippen LogP contribution in [0.2, 0.25) is 0 Å². The van der Waals surface area contributed by atoms with Gasteiger partial charge in [-0.1, -0.05) is 36.4 Å². The fourth-order valence-electron chi connectivity index (χ4n) is 4.15. The molecule has 0 unspecified atom stereocenters. The lowest BCUT2D eigenvalue weighted by atomic mass is 9.97. The van der Waals surface area contributed by atoms with Crippen molar-refractivity contribution in [2.45, 2.75) is 51.5 Å². The first-order chi connectivity index (χ1) is 19.4. The number of benzene rings is 2. The lowest BCUT2D eigenvalue weighted by Gasteiger charge is -2.42. The van der Waals surface area contributed by atoms with Gasteiger partial charge in [0.05, 0.1) is 18.4 Å². The standard InChI is InChI=1S/C27H27NO13/c1-13(29)37-20-21(38-14(2)30)23(39-15(3)31)26(40-22(20)25(34)36-4)41-27(35)28-19-12-8-7-10-17(19)16-9-5-6-11-18(16)24(32)33/h5-12,20-23,26H,1-4H3,(H,28,35)(H,32,33)/t20-,21-,22-,23+,26-/m0/s1. The van der Waals surface area contributed by atoms with Crippen molar-refractivity contribution in [3.05, 3.63) is 54.1 Å². The van der Waals surface area contributed by atoms with Gasteiger partial charge in [-0.2, -0.15) is 0 Å². The van der Waals surface area contributed by atoms with E-state index in [0.29, 0.717) is 11.1 Å². The molecule has 5 atom stereocenters. The molecule has 218 valence electrons. The highest BCUT2D eigenvalue weighted by molar-refractivity contribution is 6.00. The zero-order valence-electron chi connectivity index (χ0n) is 22.4. The highest BCUT2D eigenvalue weighted by Gasteiger charge is 2.56. The lowest BCUT2D eigenvalue weighted by Crippen LogP contribution is -2.64. The smallest absolute Gasteiger partial charge is 0.414 e. The minimum atomic E-state index is -1.86. The molecule has 0 aromatic heterocycles. The molecule has 2 aromatic rings. The number of nitrogens with one attached hydrogen (secondary N) is 1. The number of rotatable bonds is 8. The topological polar surface area (TPSA) is 190 Å². The number of hydrogen-bond donors (Lipinski definition) is 2. The Morgan fingerprint density at radius 1 is 0.732 bits per heavy atom. The van der Waals surface area contributed by atoms with Crippen LogP contribution in [0.3, 0.4) is 0 Å². The summed E-state index contributed by atoms with van der Waals surface area (Å²) in [6.07, 6.45) is -9.76. The minimum absolute atomic E-state index is 0.0256. The molecule has 0 saturated carbocycles. The zero-order chi connectivity index (χ0) is 30.3. The van der Waals surface area contributed by atoms with Gasteiger partial charge in [0.1, 0.15) is 0 Å². The van der Waals surface area contributed by atoms with Gasteiger partial charge in [0, 0.05) is 26.3 Å². The van der Waals surface area contributed by atoms with Gasteiger partial charge in [0.15, 0.2) is 18.3 Å². The van der Waals surface area contributed by atoms with Crippen LogP contribution in [0.5, 0.6) is 0 Å². The zero-order valence-corrected chi connectivity index (χ0v) is 22.4. The quantitative estimate of drug-likeness (QED) is 0.346. The fraction of sp³-hybridized carbons (Fsp3) is 0.333. The van der Waals surface area contributed by atoms with Crippen molar-refractivity contribution >= 4 is 41.6 Å². The highest BCUT2D eigenvalue weighted by atomic mass is 16.8. The van der Waals surface area contributed by atoms with Crippen LogP contribution >= 0.6 is 0 Å². The van der Waals surface area contributed by atoms with E-state index in [-0.39, 0.29) is 11.3 Å². The third kappa shape index (κ3) is 7.57. The minimum Gasteiger partial charge on any atom is -0.478 e. The van der Waals surface area contributed by atoms with Crippen LogP contribution in [0.15, 0.2) is 48.5 Å². The average molecular weight is 574 g/mol. The molecule has 3 rings (SSSR count). The number of amides is 1. The summed E-state index contributed by atoms with van der Waals surface area (Å²) in [5.41, 5.74) is 0.753. The van der Waals surface area contributed by atoms with E-state index < -0.39 is 66.6 Å². The van der Waals surface area contributed by atoms with Crippen molar-refractivity contribution in [1.29, 1.82) is 0 Å². The molecule has 2 N–H and O–H groups in total. The fourth-order valence-corrected chi connectivity index (χ4v) is 4.15. The first kappa shape index (κ1) is 30.6. The molecule has 1 fully saturated rings. The maximum Gasteiger partial charge on any atom is 0.414 e. The first-order valence-electron chi connectivity index (χ1n) is 12.1. The summed E-state index contributed by atoms with van der Waals surface area (Å²) in [6, 6.07) is 12.4. The van der Waals surface area contributed by atoms with E-state index in [1.54, 1.807) is 36.4 Å². The molecule has 0 spiro atoms. The van der Waals surface area contributed by atoms with Crippen molar-refractivity contribution < 1.29 is 62.3 Å². The van der Waals surface area contributed by atoms with Gasteiger partial charge in [-0.15, -0.1) is 0 Å². The van der Waals surface area contributed by atoms with Gasteiger partial charge in [0.2, 0.25) is 12.4 Å². The molecule has 1 saturated heterocycles. The summed E-state index contributed by atoms with van der Waals surface area (Å²) < 4.78 is 31.3. The van der Waals surface area contributed by atoms with E-state index in [2.05, 4.69) is 5.32 Å². The summed E-state index contributed by atoms with van der Waals surface area (Å²) in [5, 5.41) is 12.1. The van der Waals surface area contributed by atoms with Crippen molar-refractivity contribution in [2.24, 2.45) is 0 Å². The number of ether oxygens (including phenoxy) is 6. The summed E-state index contributed by atoms with van der Waals surface area (Å²) in [7, 11) is 1.02. The largest absolute Gasteiger partial charge is 0.478 e. The number of carbonyl (C=O) groups is 6. The highest BCUT2D eigenvalue weighted by Crippen LogP contribution is 2.33. The van der Waals surface area contributed by atoms with Crippen LogP contribution in [0.4, 0.5) is 10.5 Å². The Morgan fingerprint density at radius 2 is 1.27 bits per heavy atom. The molecule has 14 heteroatoms. The van der Waals surface area contributed by atoms with Gasteiger partial charge in [-0.25, -0.2) is 14.4 Å². The van der Waals surface area contributed by atoms with Crippen LogP contribution < -0.4 is 5.32 Å². The molecule has 2 aromatic carbocycles. The molecule has 41 heavy (non-hydrogen) atoms. The van der Waals surface area contributed by atoms with Crippen LogP contribution in [-0.2, 0) is 47.6 Å². The molecule has 1 amide bonds. The Kier molecular flexibility index (Phi) is 9.98. The number of carbonyl (C=O) groups excluding carboxylic acids is 5. The normalized spacial score (nSPS) is 21.5. The van der Waals surface area contributed by atoms with E-state index in [9.17, 15) is 33.9 Å². The number of aromatic carboxylic acids is 1. The van der Waals surface area contributed by atoms with Gasteiger partial charge >= 0.3 is 35.9 Å². The van der Waals surface area contributed by atoms with Crippen LogP contribution in [0.1, 0.15) is 31.1 Å². The lowest BCUT2D eigenvalue weighted by molar-refractivity contribution is -0.287. The number of esters is 4. The van der Waals surface area contributed by atoms with E-state index in [0.717, 1.165) is 27.9 Å². The van der Waals surface area contributed by atoms with Crippen LogP contribution in [0, 0.1) is 0 Å². The van der Waals surface area contributed by atoms with E-state index in [4.69, 9.17) is 28.4 Å². The molecule has 0 radical (unpaired) electrons. The number of para-hydroxylation sites is 1. The SMILES string of the molecule is COC(=O)[C@H]1O[C@@H](OC(=O)Nc2ccccc2-c2ccccc2C(=O)O)[C@H](OC(C)=O)[C@@H](OC(C)=O)[C@@H]1OC(C)=O. The second-order valence-electron chi connectivity index (χ2n) is 8.60. The van der Waals surface area contributed by atoms with E-state index >= 15 is 0 Å². The number of carboxylic acid groups (broad SMARTS) is 1. The molecule has 14 nitrogen and oxygen atoms in total. The molecule has 1 aliphatic rings. The molecule has 0 aliphatic carbocycles. The predicted molar refractivity (Wildman–Crippen MR) is 136 cm³/mol. The summed E-state index contributed by atoms with van der Waals surface area (Å²) in [6.45, 7) is 3.06. The number of anilines is 1. The molecular weight excluding hydrogens is 546 g/mol. The maximum absolute atomic E-state index is 13.1. The second-order valence-corrected chi connectivity index (χ2v) is 8.60. The van der Waals surface area contributed by atoms with Crippen molar-refractivity contribution in [3.8, 4) is 11.1 Å². The average Bonchev–Trinajstić information content (AvgIpc) is 2.90. The van der Waals surface area contributed by atoms with Crippen molar-refractivity contribution in [3.63, 3.8) is 0 Å². The molecule has 1 heterocycles. The Morgan fingerprint density at radius 3 is 1.85 bits per heavy atom. The summed E-state index contributed by atoms with van der Waals surface area (Å²) in [5.74, 6) is -4.95. The van der Waals surface area contributed by atoms with Crippen molar-refractivity contribution in [1.82, 2.24) is 0 Å². The third-order valence-electron chi connectivity index (χ3n) is 5.67. The molecule has 0 bridgehead atoms. The van der Waals surface area contributed by atoms with E-state index in [1.807, 2.05) is 0 Å². The van der Waals surface area contributed by atoms with Gasteiger partial charge in [-0.05, 0) is 17.7 Å². The molecule has 1 aliphatic heterocycles. The van der Waals surface area contributed by atoms with Gasteiger partial charge < -0.3 is 33.5 Å². The van der Waals surface area contributed by atoms with Crippen LogP contribution in [-0.4, -0.2) is 78.9 Å². The monoisotopic (exact) mass is 573 g/mol. The van der Waals surface area contributed by atoms with Gasteiger partial charge in [0.25, 0.3) is 0 Å².